The van der Waals surface area contributed by atoms with Crippen LogP contribution in [0.25, 0.3) is 0 Å². The first-order valence-corrected chi connectivity index (χ1v) is 7.60. The number of hydrogen-bond acceptors (Lipinski definition) is 4. The van der Waals surface area contributed by atoms with Crippen LogP contribution in [0.2, 0.25) is 0 Å². The number of alkyl halides is 3. The molecule has 0 unspecified atom stereocenters. The standard InChI is InChI=1S/C14H12F3NO3S/c15-14(16,17)21-11-2-1-3-13(8-11)22(19,20)12-6-4-10(9-18)5-7-12/h1-8H,9,18H2. The van der Waals surface area contributed by atoms with E-state index in [0.29, 0.717) is 0 Å². The molecule has 2 aromatic carbocycles. The quantitative estimate of drug-likeness (QED) is 0.935. The maximum atomic E-state index is 12.4. The highest BCUT2D eigenvalue weighted by atomic mass is 32.2. The summed E-state index contributed by atoms with van der Waals surface area (Å²) in [5.41, 5.74) is 6.17. The van der Waals surface area contributed by atoms with Crippen LogP contribution in [0.5, 0.6) is 5.75 Å². The maximum Gasteiger partial charge on any atom is 0.573 e. The minimum absolute atomic E-state index is 0.0335. The molecule has 0 bridgehead atoms. The number of nitrogens with two attached hydrogens (primary N) is 1. The Morgan fingerprint density at radius 3 is 2.18 bits per heavy atom. The van der Waals surface area contributed by atoms with Crippen LogP contribution >= 0.6 is 0 Å². The van der Waals surface area contributed by atoms with Crippen molar-refractivity contribution in [3.8, 4) is 5.75 Å². The van der Waals surface area contributed by atoms with Gasteiger partial charge in [0.15, 0.2) is 0 Å². The fraction of sp³-hybridized carbons (Fsp3) is 0.143. The van der Waals surface area contributed by atoms with E-state index in [4.69, 9.17) is 5.73 Å². The fourth-order valence-corrected chi connectivity index (χ4v) is 3.07. The van der Waals surface area contributed by atoms with Gasteiger partial charge in [0.25, 0.3) is 0 Å². The van der Waals surface area contributed by atoms with Crippen molar-refractivity contribution in [3.63, 3.8) is 0 Å². The summed E-state index contributed by atoms with van der Waals surface area (Å²) in [6.07, 6.45) is -4.88. The van der Waals surface area contributed by atoms with Crippen LogP contribution in [0.1, 0.15) is 5.56 Å². The summed E-state index contributed by atoms with van der Waals surface area (Å²) >= 11 is 0. The third-order valence-electron chi connectivity index (χ3n) is 2.82. The van der Waals surface area contributed by atoms with Gasteiger partial charge in [-0.25, -0.2) is 8.42 Å². The molecule has 0 spiro atoms. The highest BCUT2D eigenvalue weighted by Gasteiger charge is 2.31. The molecular weight excluding hydrogens is 319 g/mol. The highest BCUT2D eigenvalue weighted by Crippen LogP contribution is 2.28. The molecule has 0 aliphatic rings. The molecule has 0 heterocycles. The summed E-state index contributed by atoms with van der Waals surface area (Å²) < 4.78 is 65.1. The van der Waals surface area contributed by atoms with E-state index in [1.807, 2.05) is 0 Å². The van der Waals surface area contributed by atoms with Gasteiger partial charge in [-0.15, -0.1) is 13.2 Å². The molecule has 0 atom stereocenters. The zero-order valence-electron chi connectivity index (χ0n) is 11.2. The zero-order chi connectivity index (χ0) is 16.4. The van der Waals surface area contributed by atoms with Crippen LogP contribution in [0.3, 0.4) is 0 Å². The van der Waals surface area contributed by atoms with Crippen LogP contribution in [0.4, 0.5) is 13.2 Å². The van der Waals surface area contributed by atoms with E-state index in [9.17, 15) is 21.6 Å². The molecule has 0 aromatic heterocycles. The van der Waals surface area contributed by atoms with Gasteiger partial charge in [0.1, 0.15) is 5.75 Å². The first-order chi connectivity index (χ1) is 10.2. The van der Waals surface area contributed by atoms with Gasteiger partial charge in [0.2, 0.25) is 9.84 Å². The predicted molar refractivity (Wildman–Crippen MR) is 72.9 cm³/mol. The van der Waals surface area contributed by atoms with Crippen LogP contribution in [-0.2, 0) is 16.4 Å². The highest BCUT2D eigenvalue weighted by molar-refractivity contribution is 7.91. The zero-order valence-corrected chi connectivity index (χ0v) is 12.0. The smallest absolute Gasteiger partial charge is 0.406 e. The predicted octanol–water partition coefficient (Wildman–Crippen LogP) is 2.88. The van der Waals surface area contributed by atoms with Crippen molar-refractivity contribution >= 4 is 9.84 Å². The lowest BCUT2D eigenvalue weighted by atomic mass is 10.2. The summed E-state index contributed by atoms with van der Waals surface area (Å²) in [4.78, 5) is -0.316. The molecule has 2 rings (SSSR count). The van der Waals surface area contributed by atoms with E-state index < -0.39 is 21.9 Å². The molecular formula is C14H12F3NO3S. The van der Waals surface area contributed by atoms with Gasteiger partial charge in [0, 0.05) is 6.54 Å². The van der Waals surface area contributed by atoms with Crippen molar-refractivity contribution in [2.75, 3.05) is 0 Å². The molecule has 118 valence electrons. The molecule has 4 nitrogen and oxygen atoms in total. The van der Waals surface area contributed by atoms with Crippen molar-refractivity contribution in [3.05, 3.63) is 54.1 Å². The van der Waals surface area contributed by atoms with E-state index in [-0.39, 0.29) is 16.3 Å². The number of benzene rings is 2. The molecule has 0 radical (unpaired) electrons. The second-order valence-electron chi connectivity index (χ2n) is 4.37. The second-order valence-corrected chi connectivity index (χ2v) is 6.32. The summed E-state index contributed by atoms with van der Waals surface area (Å²) in [5, 5.41) is 0. The van der Waals surface area contributed by atoms with Crippen LogP contribution in [0.15, 0.2) is 58.3 Å². The minimum atomic E-state index is -4.88. The third-order valence-corrected chi connectivity index (χ3v) is 4.59. The Morgan fingerprint density at radius 1 is 1.00 bits per heavy atom. The molecule has 0 saturated carbocycles. The van der Waals surface area contributed by atoms with Crippen molar-refractivity contribution in [2.45, 2.75) is 22.7 Å². The average Bonchev–Trinajstić information content (AvgIpc) is 2.46. The lowest BCUT2D eigenvalue weighted by Gasteiger charge is -2.10. The minimum Gasteiger partial charge on any atom is -0.406 e. The van der Waals surface area contributed by atoms with E-state index in [1.54, 1.807) is 12.1 Å². The van der Waals surface area contributed by atoms with Crippen molar-refractivity contribution in [1.82, 2.24) is 0 Å². The number of sulfone groups is 1. The van der Waals surface area contributed by atoms with E-state index in [0.717, 1.165) is 17.7 Å². The summed E-state index contributed by atoms with van der Waals surface area (Å²) in [6.45, 7) is 0.259. The molecule has 0 amide bonds. The van der Waals surface area contributed by atoms with Gasteiger partial charge in [-0.2, -0.15) is 0 Å². The van der Waals surface area contributed by atoms with Gasteiger partial charge in [-0.3, -0.25) is 0 Å². The summed E-state index contributed by atoms with van der Waals surface area (Å²) in [5.74, 6) is -0.591. The van der Waals surface area contributed by atoms with Gasteiger partial charge >= 0.3 is 6.36 Å². The first kappa shape index (κ1) is 16.3. The number of hydrogen-bond donors (Lipinski definition) is 1. The normalized spacial score (nSPS) is 12.2. The Hall–Kier alpha value is -2.06. The lowest BCUT2D eigenvalue weighted by molar-refractivity contribution is -0.274. The SMILES string of the molecule is NCc1ccc(S(=O)(=O)c2cccc(OC(F)(F)F)c2)cc1. The van der Waals surface area contributed by atoms with Crippen molar-refractivity contribution < 1.29 is 26.3 Å². The number of halogens is 3. The molecule has 2 aromatic rings. The molecule has 2 N–H and O–H groups in total. The lowest BCUT2D eigenvalue weighted by Crippen LogP contribution is -2.17. The summed E-state index contributed by atoms with van der Waals surface area (Å²) in [7, 11) is -3.93. The Bertz CT molecular complexity index is 756. The second kappa shape index (κ2) is 5.98. The number of rotatable bonds is 4. The molecule has 0 fully saturated rings. The first-order valence-electron chi connectivity index (χ1n) is 6.12. The fourth-order valence-electron chi connectivity index (χ4n) is 1.78. The third kappa shape index (κ3) is 3.77. The Morgan fingerprint density at radius 2 is 1.64 bits per heavy atom. The molecule has 0 aliphatic heterocycles. The maximum absolute atomic E-state index is 12.4. The van der Waals surface area contributed by atoms with Gasteiger partial charge in [-0.1, -0.05) is 18.2 Å². The van der Waals surface area contributed by atoms with Crippen molar-refractivity contribution in [1.29, 1.82) is 0 Å². The monoisotopic (exact) mass is 331 g/mol. The van der Waals surface area contributed by atoms with Gasteiger partial charge in [0.05, 0.1) is 9.79 Å². The van der Waals surface area contributed by atoms with Gasteiger partial charge < -0.3 is 10.5 Å². The average molecular weight is 331 g/mol. The van der Waals surface area contributed by atoms with Crippen LogP contribution < -0.4 is 10.5 Å². The molecule has 0 saturated heterocycles. The molecule has 8 heteroatoms. The Labute approximate surface area is 125 Å². The summed E-state index contributed by atoms with van der Waals surface area (Å²) in [6, 6.07) is 10.1. The topological polar surface area (TPSA) is 69.4 Å². The Balaban J connectivity index is 2.38. The largest absolute Gasteiger partial charge is 0.573 e. The molecule has 22 heavy (non-hydrogen) atoms. The number of ether oxygens (including phenoxy) is 1. The van der Waals surface area contributed by atoms with Crippen molar-refractivity contribution in [2.24, 2.45) is 5.73 Å². The molecule has 0 aliphatic carbocycles. The van der Waals surface area contributed by atoms with Crippen LogP contribution in [0, 0.1) is 0 Å². The Kier molecular flexibility index (Phi) is 4.43. The van der Waals surface area contributed by atoms with E-state index in [2.05, 4.69) is 4.74 Å². The van der Waals surface area contributed by atoms with E-state index in [1.165, 1.54) is 24.3 Å². The van der Waals surface area contributed by atoms with Crippen LogP contribution in [-0.4, -0.2) is 14.8 Å². The van der Waals surface area contributed by atoms with Gasteiger partial charge in [-0.05, 0) is 35.9 Å². The van der Waals surface area contributed by atoms with E-state index >= 15 is 0 Å².